The molecule has 2 rings (SSSR count). The minimum atomic E-state index is -0.829. The molecule has 2 aromatic rings. The number of amides is 2. The van der Waals surface area contributed by atoms with E-state index in [1.165, 1.54) is 24.5 Å². The Kier molecular flexibility index (Phi) is 3.42. The first-order valence-electron chi connectivity index (χ1n) is 4.96. The maximum atomic E-state index is 13.2. The van der Waals surface area contributed by atoms with Gasteiger partial charge < -0.3 is 0 Å². The monoisotopic (exact) mass is 250 g/mol. The summed E-state index contributed by atoms with van der Waals surface area (Å²) in [7, 11) is 0. The van der Waals surface area contributed by atoms with Crippen molar-refractivity contribution < 1.29 is 13.6 Å². The van der Waals surface area contributed by atoms with Crippen molar-refractivity contribution in [1.82, 2.24) is 9.97 Å². The number of carbonyl (C=O) groups excluding carboxylic acids is 1. The number of halogens is 2. The molecule has 0 saturated heterocycles. The summed E-state index contributed by atoms with van der Waals surface area (Å²) in [6.45, 7) is 0. The second kappa shape index (κ2) is 5.17. The summed E-state index contributed by atoms with van der Waals surface area (Å²) in [6, 6.07) is 4.23. The van der Waals surface area contributed by atoms with Gasteiger partial charge in [-0.2, -0.15) is 0 Å². The Morgan fingerprint density at radius 2 is 1.39 bits per heavy atom. The molecule has 0 fully saturated rings. The molecule has 7 heteroatoms. The van der Waals surface area contributed by atoms with Crippen molar-refractivity contribution in [2.75, 3.05) is 10.6 Å². The first-order valence-corrected chi connectivity index (χ1v) is 4.96. The Bertz CT molecular complexity index is 527. The molecule has 0 aliphatic carbocycles. The number of anilines is 2. The lowest BCUT2D eigenvalue weighted by Crippen LogP contribution is -2.22. The maximum absolute atomic E-state index is 13.2. The molecule has 0 bridgehead atoms. The molecular weight excluding hydrogens is 242 g/mol. The van der Waals surface area contributed by atoms with Gasteiger partial charge in [-0.25, -0.2) is 23.5 Å². The summed E-state index contributed by atoms with van der Waals surface area (Å²) in [4.78, 5) is 18.7. The molecule has 2 amide bonds. The Balaban J connectivity index is 2.06. The van der Waals surface area contributed by atoms with E-state index in [-0.39, 0.29) is 11.6 Å². The number of aromatic nitrogens is 2. The first-order chi connectivity index (χ1) is 8.66. The first kappa shape index (κ1) is 11.9. The zero-order chi connectivity index (χ0) is 13.0. The highest BCUT2D eigenvalue weighted by Crippen LogP contribution is 2.11. The topological polar surface area (TPSA) is 66.9 Å². The van der Waals surface area contributed by atoms with Crippen molar-refractivity contribution in [3.05, 3.63) is 48.3 Å². The van der Waals surface area contributed by atoms with E-state index in [4.69, 9.17) is 0 Å². The van der Waals surface area contributed by atoms with Gasteiger partial charge in [0.2, 0.25) is 0 Å². The summed E-state index contributed by atoms with van der Waals surface area (Å²) < 4.78 is 26.3. The lowest BCUT2D eigenvalue weighted by Gasteiger charge is -2.07. The highest BCUT2D eigenvalue weighted by Gasteiger charge is 2.10. The van der Waals surface area contributed by atoms with Crippen LogP contribution in [0, 0.1) is 11.6 Å². The van der Waals surface area contributed by atoms with Crippen LogP contribution in [-0.2, 0) is 0 Å². The lowest BCUT2D eigenvalue weighted by atomic mass is 10.4. The van der Waals surface area contributed by atoms with Crippen molar-refractivity contribution in [3.8, 4) is 0 Å². The minimum absolute atomic E-state index is 0.244. The molecule has 2 heterocycles. The van der Waals surface area contributed by atoms with Gasteiger partial charge in [-0.1, -0.05) is 0 Å². The average molecular weight is 250 g/mol. The number of hydrogen-bond acceptors (Lipinski definition) is 3. The van der Waals surface area contributed by atoms with Crippen LogP contribution in [0.3, 0.4) is 0 Å². The number of hydrogen-bond donors (Lipinski definition) is 2. The molecule has 0 aliphatic heterocycles. The molecule has 0 spiro atoms. The fourth-order valence-corrected chi connectivity index (χ4v) is 1.20. The van der Waals surface area contributed by atoms with E-state index in [2.05, 4.69) is 20.6 Å². The molecule has 92 valence electrons. The van der Waals surface area contributed by atoms with Crippen LogP contribution in [-0.4, -0.2) is 16.0 Å². The van der Waals surface area contributed by atoms with Crippen molar-refractivity contribution in [2.45, 2.75) is 0 Å². The molecule has 5 nitrogen and oxygen atoms in total. The van der Waals surface area contributed by atoms with Gasteiger partial charge in [-0.3, -0.25) is 10.6 Å². The number of carbonyl (C=O) groups is 1. The third-order valence-corrected chi connectivity index (χ3v) is 1.98. The quantitative estimate of drug-likeness (QED) is 0.860. The predicted molar refractivity (Wildman–Crippen MR) is 61.0 cm³/mol. The van der Waals surface area contributed by atoms with E-state index >= 15 is 0 Å². The van der Waals surface area contributed by atoms with Gasteiger partial charge in [0.25, 0.3) is 0 Å². The highest BCUT2D eigenvalue weighted by molar-refractivity contribution is 5.98. The molecule has 0 saturated carbocycles. The molecule has 0 unspecified atom stereocenters. The van der Waals surface area contributed by atoms with Crippen LogP contribution >= 0.6 is 0 Å². The number of urea groups is 1. The van der Waals surface area contributed by atoms with Gasteiger partial charge in [0.05, 0.1) is 0 Å². The van der Waals surface area contributed by atoms with E-state index in [1.807, 2.05) is 0 Å². The fraction of sp³-hybridized carbons (Fsp3) is 0. The standard InChI is InChI=1S/C11H8F2N4O/c12-7-3-1-5-14-9(7)16-11(18)17-10-8(13)4-2-6-15-10/h1-6H,(H2,14,15,16,17,18). The molecule has 0 radical (unpaired) electrons. The molecule has 2 N–H and O–H groups in total. The van der Waals surface area contributed by atoms with Crippen molar-refractivity contribution in [3.63, 3.8) is 0 Å². The van der Waals surface area contributed by atoms with E-state index in [0.29, 0.717) is 0 Å². The fourth-order valence-electron chi connectivity index (χ4n) is 1.20. The largest absolute Gasteiger partial charge is 0.326 e. The number of rotatable bonds is 2. The Labute approximate surface area is 101 Å². The summed E-state index contributed by atoms with van der Waals surface area (Å²) in [6.07, 6.45) is 2.64. The normalized spacial score (nSPS) is 9.89. The molecule has 0 aliphatic rings. The van der Waals surface area contributed by atoms with Crippen LogP contribution < -0.4 is 10.6 Å². The molecule has 0 atom stereocenters. The number of pyridine rings is 2. The number of nitrogens with zero attached hydrogens (tertiary/aromatic N) is 2. The highest BCUT2D eigenvalue weighted by atomic mass is 19.1. The third-order valence-electron chi connectivity index (χ3n) is 1.98. The minimum Gasteiger partial charge on any atom is -0.290 e. The summed E-state index contributed by atoms with van der Waals surface area (Å²) >= 11 is 0. The van der Waals surface area contributed by atoms with E-state index < -0.39 is 17.7 Å². The van der Waals surface area contributed by atoms with E-state index in [0.717, 1.165) is 12.1 Å². The van der Waals surface area contributed by atoms with Gasteiger partial charge in [-0.15, -0.1) is 0 Å². The van der Waals surface area contributed by atoms with Crippen LogP contribution in [0.4, 0.5) is 25.2 Å². The van der Waals surface area contributed by atoms with Crippen LogP contribution in [0.15, 0.2) is 36.7 Å². The second-order valence-electron chi connectivity index (χ2n) is 3.25. The number of nitrogens with one attached hydrogen (secondary N) is 2. The van der Waals surface area contributed by atoms with Crippen molar-refractivity contribution in [2.24, 2.45) is 0 Å². The Morgan fingerprint density at radius 3 is 1.78 bits per heavy atom. The molecule has 18 heavy (non-hydrogen) atoms. The molecular formula is C11H8F2N4O. The summed E-state index contributed by atoms with van der Waals surface area (Å²) in [5.41, 5.74) is 0. The Morgan fingerprint density at radius 1 is 0.944 bits per heavy atom. The van der Waals surface area contributed by atoms with Gasteiger partial charge in [-0.05, 0) is 24.3 Å². The molecule has 0 aromatic carbocycles. The summed E-state index contributed by atoms with van der Waals surface area (Å²) in [5, 5.41) is 4.29. The van der Waals surface area contributed by atoms with E-state index in [9.17, 15) is 13.6 Å². The second-order valence-corrected chi connectivity index (χ2v) is 3.25. The van der Waals surface area contributed by atoms with Gasteiger partial charge >= 0.3 is 6.03 Å². The predicted octanol–water partition coefficient (Wildman–Crippen LogP) is 2.40. The summed E-state index contributed by atoms with van der Waals surface area (Å²) in [5.74, 6) is -1.86. The lowest BCUT2D eigenvalue weighted by molar-refractivity contribution is 0.261. The van der Waals surface area contributed by atoms with Crippen LogP contribution in [0.25, 0.3) is 0 Å². The van der Waals surface area contributed by atoms with Crippen LogP contribution in [0.1, 0.15) is 0 Å². The smallest absolute Gasteiger partial charge is 0.290 e. The van der Waals surface area contributed by atoms with Gasteiger partial charge in [0.15, 0.2) is 23.3 Å². The zero-order valence-corrected chi connectivity index (χ0v) is 9.02. The zero-order valence-electron chi connectivity index (χ0n) is 9.02. The van der Waals surface area contributed by atoms with Gasteiger partial charge in [0.1, 0.15) is 0 Å². The van der Waals surface area contributed by atoms with Crippen LogP contribution in [0.5, 0.6) is 0 Å². The van der Waals surface area contributed by atoms with Crippen molar-refractivity contribution >= 4 is 17.7 Å². The average Bonchev–Trinajstić information content (AvgIpc) is 2.35. The third kappa shape index (κ3) is 2.76. The Hall–Kier alpha value is -2.57. The van der Waals surface area contributed by atoms with Crippen LogP contribution in [0.2, 0.25) is 0 Å². The molecule has 2 aromatic heterocycles. The van der Waals surface area contributed by atoms with Gasteiger partial charge in [0, 0.05) is 12.4 Å². The van der Waals surface area contributed by atoms with E-state index in [1.54, 1.807) is 0 Å². The maximum Gasteiger partial charge on any atom is 0.326 e. The SMILES string of the molecule is O=C(Nc1ncccc1F)Nc1ncccc1F. The van der Waals surface area contributed by atoms with Crippen molar-refractivity contribution in [1.29, 1.82) is 0 Å².